The Labute approximate surface area is 53.7 Å². The van der Waals surface area contributed by atoms with Crippen LogP contribution in [0.25, 0.3) is 0 Å². The number of carbonyl (C=O) groups excluding carboxylic acids is 1. The van der Waals surface area contributed by atoms with Crippen LogP contribution < -0.4 is 0 Å². The maximum absolute atomic E-state index is 10.4. The number of hydrogen-bond acceptors (Lipinski definition) is 2. The first-order valence-electron chi connectivity index (χ1n) is 2.62. The average molecular weight is 129 g/mol. The van der Waals surface area contributed by atoms with Crippen molar-refractivity contribution in [2.45, 2.75) is 13.3 Å². The summed E-state index contributed by atoms with van der Waals surface area (Å²) in [4.78, 5) is 20.5. The molecule has 0 aromatic heterocycles. The van der Waals surface area contributed by atoms with Crippen LogP contribution in [0.1, 0.15) is 13.3 Å². The maximum Gasteiger partial charge on any atom is 0.314 e. The minimum atomic E-state index is -1.09. The molecule has 9 heavy (non-hydrogen) atoms. The normalized spacial score (nSPS) is 12.7. The predicted octanol–water partition coefficient (Wildman–Crippen LogP) is 0.500. The highest BCUT2D eigenvalue weighted by atomic mass is 16.4. The van der Waals surface area contributed by atoms with E-state index in [-0.39, 0.29) is 12.2 Å². The summed E-state index contributed by atoms with van der Waals surface area (Å²) in [5.74, 6) is -2.33. The van der Waals surface area contributed by atoms with Gasteiger partial charge in [0.2, 0.25) is 0 Å². The zero-order valence-electron chi connectivity index (χ0n) is 5.26. The van der Waals surface area contributed by atoms with Gasteiger partial charge in [-0.1, -0.05) is 6.92 Å². The number of hydrogen-bond donors (Lipinski definition) is 1. The van der Waals surface area contributed by atoms with E-state index >= 15 is 0 Å². The first kappa shape index (κ1) is 8.14. The van der Waals surface area contributed by atoms with Gasteiger partial charge in [-0.2, -0.15) is 0 Å². The number of rotatable bonds is 3. The molecule has 0 aromatic rings. The largest absolute Gasteiger partial charge is 0.481 e. The average Bonchev–Trinajstić information content (AvgIpc) is 1.64. The number of ketones is 1. The predicted molar refractivity (Wildman–Crippen MR) is 31.8 cm³/mol. The molecule has 1 atom stereocenters. The van der Waals surface area contributed by atoms with Crippen LogP contribution in [-0.2, 0) is 9.59 Å². The van der Waals surface area contributed by atoms with E-state index in [0.717, 1.165) is 0 Å². The van der Waals surface area contributed by atoms with Crippen molar-refractivity contribution in [3.05, 3.63) is 6.92 Å². The quantitative estimate of drug-likeness (QED) is 0.564. The molecule has 0 aliphatic carbocycles. The van der Waals surface area contributed by atoms with Crippen LogP contribution in [0.3, 0.4) is 0 Å². The molecule has 0 rings (SSSR count). The molecular formula is C6H9O3. The second-order valence-corrected chi connectivity index (χ2v) is 1.79. The zero-order valence-corrected chi connectivity index (χ0v) is 5.26. The number of aliphatic carboxylic acids is 1. The molecule has 3 nitrogen and oxygen atoms in total. The van der Waals surface area contributed by atoms with E-state index in [0.29, 0.717) is 0 Å². The van der Waals surface area contributed by atoms with E-state index < -0.39 is 11.9 Å². The highest BCUT2D eigenvalue weighted by Gasteiger charge is 2.19. The molecule has 0 saturated carbocycles. The van der Waals surface area contributed by atoms with Crippen LogP contribution >= 0.6 is 0 Å². The van der Waals surface area contributed by atoms with Gasteiger partial charge in [0.25, 0.3) is 0 Å². The van der Waals surface area contributed by atoms with Crippen molar-refractivity contribution in [1.29, 1.82) is 0 Å². The first-order valence-corrected chi connectivity index (χ1v) is 2.62. The minimum Gasteiger partial charge on any atom is -0.481 e. The molecule has 1 unspecified atom stereocenters. The van der Waals surface area contributed by atoms with Crippen molar-refractivity contribution in [3.63, 3.8) is 0 Å². The lowest BCUT2D eigenvalue weighted by Crippen LogP contribution is -2.20. The van der Waals surface area contributed by atoms with Crippen molar-refractivity contribution in [1.82, 2.24) is 0 Å². The Kier molecular flexibility index (Phi) is 2.91. The van der Waals surface area contributed by atoms with Gasteiger partial charge in [-0.25, -0.2) is 0 Å². The number of carbonyl (C=O) groups is 2. The number of carboxylic acid groups (broad SMARTS) is 1. The summed E-state index contributed by atoms with van der Waals surface area (Å²) in [7, 11) is 0. The SMILES string of the molecule is [CH2]CC(C(C)=O)C(=O)O. The van der Waals surface area contributed by atoms with Gasteiger partial charge in [0.15, 0.2) is 0 Å². The second kappa shape index (κ2) is 3.22. The molecule has 3 heteroatoms. The Balaban J connectivity index is 3.99. The molecule has 0 aromatic carbocycles. The van der Waals surface area contributed by atoms with Crippen LogP contribution in [0.5, 0.6) is 0 Å². The lowest BCUT2D eigenvalue weighted by Gasteiger charge is -2.01. The minimum absolute atomic E-state index is 0.130. The first-order chi connectivity index (χ1) is 4.09. The van der Waals surface area contributed by atoms with E-state index in [4.69, 9.17) is 5.11 Å². The van der Waals surface area contributed by atoms with Gasteiger partial charge in [0.05, 0.1) is 0 Å². The summed E-state index contributed by atoms with van der Waals surface area (Å²) in [6.45, 7) is 4.58. The summed E-state index contributed by atoms with van der Waals surface area (Å²) in [5, 5.41) is 8.28. The third-order valence-electron chi connectivity index (χ3n) is 1.08. The summed E-state index contributed by atoms with van der Waals surface area (Å²) in [6, 6.07) is 0. The lowest BCUT2D eigenvalue weighted by molar-refractivity contribution is -0.145. The topological polar surface area (TPSA) is 54.4 Å². The van der Waals surface area contributed by atoms with Gasteiger partial charge in [0.1, 0.15) is 11.7 Å². The fourth-order valence-corrected chi connectivity index (χ4v) is 0.501. The Morgan fingerprint density at radius 3 is 2.11 bits per heavy atom. The van der Waals surface area contributed by atoms with E-state index in [1.165, 1.54) is 6.92 Å². The second-order valence-electron chi connectivity index (χ2n) is 1.79. The fraction of sp³-hybridized carbons (Fsp3) is 0.500. The summed E-state index contributed by atoms with van der Waals surface area (Å²) in [6.07, 6.45) is 0.130. The lowest BCUT2D eigenvalue weighted by atomic mass is 10.0. The molecule has 0 amide bonds. The van der Waals surface area contributed by atoms with E-state index in [1.54, 1.807) is 0 Å². The summed E-state index contributed by atoms with van der Waals surface area (Å²) < 4.78 is 0. The molecular weight excluding hydrogens is 120 g/mol. The van der Waals surface area contributed by atoms with E-state index in [1.807, 2.05) is 0 Å². The van der Waals surface area contributed by atoms with Gasteiger partial charge >= 0.3 is 5.97 Å². The van der Waals surface area contributed by atoms with E-state index in [9.17, 15) is 9.59 Å². The van der Waals surface area contributed by atoms with Gasteiger partial charge in [-0.05, 0) is 13.3 Å². The molecule has 0 heterocycles. The van der Waals surface area contributed by atoms with Crippen molar-refractivity contribution >= 4 is 11.8 Å². The fourth-order valence-electron chi connectivity index (χ4n) is 0.501. The standard InChI is InChI=1S/C6H9O3/c1-3-5(4(2)7)6(8)9/h5H,1,3H2,2H3,(H,8,9). The van der Waals surface area contributed by atoms with Crippen LogP contribution in [-0.4, -0.2) is 16.9 Å². The highest BCUT2D eigenvalue weighted by molar-refractivity contribution is 5.96. The maximum atomic E-state index is 10.4. The molecule has 0 spiro atoms. The van der Waals surface area contributed by atoms with Crippen LogP contribution in [0.15, 0.2) is 0 Å². The molecule has 0 bridgehead atoms. The van der Waals surface area contributed by atoms with Crippen molar-refractivity contribution in [2.24, 2.45) is 5.92 Å². The number of carboxylic acids is 1. The van der Waals surface area contributed by atoms with Gasteiger partial charge < -0.3 is 5.11 Å². The van der Waals surface area contributed by atoms with E-state index in [2.05, 4.69) is 6.92 Å². The molecule has 1 radical (unpaired) electrons. The van der Waals surface area contributed by atoms with Crippen molar-refractivity contribution in [2.75, 3.05) is 0 Å². The summed E-state index contributed by atoms with van der Waals surface area (Å²) in [5.41, 5.74) is 0. The third-order valence-corrected chi connectivity index (χ3v) is 1.08. The summed E-state index contributed by atoms with van der Waals surface area (Å²) >= 11 is 0. The van der Waals surface area contributed by atoms with Crippen molar-refractivity contribution < 1.29 is 14.7 Å². The number of Topliss-reactive ketones (excluding diaryl/α,β-unsaturated/α-hetero) is 1. The molecule has 0 aliphatic rings. The molecule has 51 valence electrons. The molecule has 0 aliphatic heterocycles. The van der Waals surface area contributed by atoms with Gasteiger partial charge in [0, 0.05) is 0 Å². The van der Waals surface area contributed by atoms with Crippen LogP contribution in [0.2, 0.25) is 0 Å². The zero-order chi connectivity index (χ0) is 7.44. The third kappa shape index (κ3) is 2.26. The van der Waals surface area contributed by atoms with Gasteiger partial charge in [-0.3, -0.25) is 9.59 Å². The Bertz CT molecular complexity index is 114. The smallest absolute Gasteiger partial charge is 0.314 e. The highest BCUT2D eigenvalue weighted by Crippen LogP contribution is 2.02. The monoisotopic (exact) mass is 129 g/mol. The molecule has 0 fully saturated rings. The van der Waals surface area contributed by atoms with Crippen LogP contribution in [0.4, 0.5) is 0 Å². The Hall–Kier alpha value is -0.860. The van der Waals surface area contributed by atoms with Crippen molar-refractivity contribution in [3.8, 4) is 0 Å². The van der Waals surface area contributed by atoms with Crippen LogP contribution in [0, 0.1) is 12.8 Å². The molecule has 1 N–H and O–H groups in total. The Morgan fingerprint density at radius 2 is 2.11 bits per heavy atom. The molecule has 0 saturated heterocycles. The Morgan fingerprint density at radius 1 is 1.67 bits per heavy atom. The van der Waals surface area contributed by atoms with Gasteiger partial charge in [-0.15, -0.1) is 0 Å².